The first-order chi connectivity index (χ1) is 23.8. The largest absolute Gasteiger partial charge is 0.370 e. The first kappa shape index (κ1) is 37.1. The van der Waals surface area contributed by atoms with Crippen LogP contribution in [0.2, 0.25) is 0 Å². The number of aromatic amines is 1. The van der Waals surface area contributed by atoms with Gasteiger partial charge in [-0.25, -0.2) is 4.39 Å². The first-order valence-electron chi connectivity index (χ1n) is 16.1. The van der Waals surface area contributed by atoms with Crippen LogP contribution < -0.4 is 33.6 Å². The second kappa shape index (κ2) is 17.1. The van der Waals surface area contributed by atoms with Crippen LogP contribution in [0.5, 0.6) is 0 Å². The van der Waals surface area contributed by atoms with Crippen molar-refractivity contribution >= 4 is 46.4 Å². The highest BCUT2D eigenvalue weighted by atomic mass is 19.1. The van der Waals surface area contributed by atoms with Crippen molar-refractivity contribution in [2.75, 3.05) is 26.7 Å². The number of fused-ring (bicyclic) bond motifs is 1. The SMILES string of the molecule is CN(CC(=O)N[C@@H](Cc1c[nH]c2ccccc12)C(N)=O)C(=O)[C@H](CCCN=C(N)N)NC(=O)[C@@H]1C=CCN1C(=O)[C@@H](N)Cc1ccc(F)cc1. The van der Waals surface area contributed by atoms with Crippen LogP contribution in [0.1, 0.15) is 24.0 Å². The summed E-state index contributed by atoms with van der Waals surface area (Å²) in [5.41, 5.74) is 24.9. The molecule has 0 unspecified atom stereocenters. The maximum absolute atomic E-state index is 13.6. The molecule has 0 saturated heterocycles. The number of para-hydroxylation sites is 1. The molecule has 0 spiro atoms. The van der Waals surface area contributed by atoms with Gasteiger partial charge in [-0.05, 0) is 48.6 Å². The lowest BCUT2D eigenvalue weighted by atomic mass is 10.0. The van der Waals surface area contributed by atoms with E-state index in [4.69, 9.17) is 22.9 Å². The number of H-pyrrole nitrogens is 1. The van der Waals surface area contributed by atoms with Gasteiger partial charge in [0.2, 0.25) is 29.5 Å². The zero-order valence-electron chi connectivity index (χ0n) is 27.7. The van der Waals surface area contributed by atoms with Crippen molar-refractivity contribution in [1.29, 1.82) is 0 Å². The number of amides is 5. The Morgan fingerprint density at radius 1 is 1.02 bits per heavy atom. The Labute approximate surface area is 288 Å². The van der Waals surface area contributed by atoms with Crippen LogP contribution in [0, 0.1) is 5.82 Å². The number of rotatable bonds is 16. The number of aliphatic imine (C=N–C) groups is 1. The van der Waals surface area contributed by atoms with E-state index in [9.17, 15) is 28.4 Å². The lowest BCUT2D eigenvalue weighted by Gasteiger charge is -2.29. The number of aromatic nitrogens is 1. The minimum atomic E-state index is -1.12. The predicted molar refractivity (Wildman–Crippen MR) is 185 cm³/mol. The highest BCUT2D eigenvalue weighted by Gasteiger charge is 2.35. The Hall–Kier alpha value is -5.77. The minimum Gasteiger partial charge on any atom is -0.370 e. The molecule has 0 aliphatic carbocycles. The zero-order valence-corrected chi connectivity index (χ0v) is 27.7. The number of carbonyl (C=O) groups excluding carboxylic acids is 5. The fraction of sp³-hybridized carbons (Fsp3) is 0.353. The molecule has 1 aromatic heterocycles. The van der Waals surface area contributed by atoms with Crippen LogP contribution in [0.3, 0.4) is 0 Å². The van der Waals surface area contributed by atoms with Crippen molar-refractivity contribution in [1.82, 2.24) is 25.4 Å². The third-order valence-corrected chi connectivity index (χ3v) is 8.29. The van der Waals surface area contributed by atoms with Gasteiger partial charge in [-0.3, -0.25) is 29.0 Å². The molecule has 1 aliphatic heterocycles. The van der Waals surface area contributed by atoms with Gasteiger partial charge in [-0.1, -0.05) is 42.5 Å². The molecule has 5 amide bonds. The molecule has 0 fully saturated rings. The quantitative estimate of drug-likeness (QED) is 0.0431. The average molecular weight is 691 g/mol. The number of benzene rings is 2. The normalized spacial score (nSPS) is 15.6. The van der Waals surface area contributed by atoms with E-state index in [2.05, 4.69) is 20.6 Å². The Morgan fingerprint density at radius 3 is 2.44 bits per heavy atom. The van der Waals surface area contributed by atoms with E-state index in [1.807, 2.05) is 24.3 Å². The fourth-order valence-corrected chi connectivity index (χ4v) is 5.71. The molecule has 3 aromatic rings. The second-order valence-corrected chi connectivity index (χ2v) is 12.1. The summed E-state index contributed by atoms with van der Waals surface area (Å²) in [5.74, 6) is -3.67. The van der Waals surface area contributed by atoms with Crippen LogP contribution in [0.15, 0.2) is 71.9 Å². The molecule has 11 N–H and O–H groups in total. The Kier molecular flexibility index (Phi) is 12.6. The summed E-state index contributed by atoms with van der Waals surface area (Å²) in [4.78, 5) is 75.2. The minimum absolute atomic E-state index is 0.103. The molecule has 16 heteroatoms. The number of hydrogen-bond donors (Lipinski definition) is 7. The molecule has 0 saturated carbocycles. The Bertz CT molecular complexity index is 1750. The molecule has 0 bridgehead atoms. The van der Waals surface area contributed by atoms with Crippen LogP contribution in [0.4, 0.5) is 4.39 Å². The lowest BCUT2D eigenvalue weighted by Crippen LogP contribution is -2.56. The molecule has 15 nitrogen and oxygen atoms in total. The van der Waals surface area contributed by atoms with Gasteiger partial charge >= 0.3 is 0 Å². The zero-order chi connectivity index (χ0) is 36.4. The van der Waals surface area contributed by atoms with Gasteiger partial charge in [0.25, 0.3) is 0 Å². The Balaban J connectivity index is 1.40. The summed E-state index contributed by atoms with van der Waals surface area (Å²) in [6, 6.07) is 8.87. The molecule has 50 heavy (non-hydrogen) atoms. The number of hydrogen-bond acceptors (Lipinski definition) is 7. The van der Waals surface area contributed by atoms with E-state index in [1.54, 1.807) is 12.3 Å². The van der Waals surface area contributed by atoms with Crippen molar-refractivity contribution in [3.8, 4) is 0 Å². The van der Waals surface area contributed by atoms with Crippen LogP contribution >= 0.6 is 0 Å². The molecule has 4 atom stereocenters. The summed E-state index contributed by atoms with van der Waals surface area (Å²) in [5, 5.41) is 6.20. The van der Waals surface area contributed by atoms with Crippen LogP contribution in [-0.4, -0.2) is 101 Å². The summed E-state index contributed by atoms with van der Waals surface area (Å²) in [7, 11) is 1.38. The van der Waals surface area contributed by atoms with E-state index in [0.29, 0.717) is 12.0 Å². The highest BCUT2D eigenvalue weighted by molar-refractivity contribution is 5.96. The molecular formula is C34H43FN10O5. The number of carbonyl (C=O) groups is 5. The fourth-order valence-electron chi connectivity index (χ4n) is 5.71. The number of primary amides is 1. The summed E-state index contributed by atoms with van der Waals surface area (Å²) in [6.07, 6.45) is 5.58. The van der Waals surface area contributed by atoms with E-state index >= 15 is 0 Å². The standard InChI is InChI=1S/C34H43FN10O5/c1-44(19-29(46)42-27(30(37)47)17-21-18-41-25-7-3-2-6-23(21)25)33(50)26(8-4-14-40-34(38)39)43-31(48)28-9-5-15-45(28)32(49)24(36)16-20-10-12-22(35)13-11-20/h2-3,5-7,9-13,18,24,26-28,41H,4,8,14-17,19,36H2,1H3,(H2,37,47)(H,42,46)(H,43,48)(H4,38,39,40)/t24-,26-,27-,28-/m0/s1. The summed E-state index contributed by atoms with van der Waals surface area (Å²) in [6.45, 7) is -0.147. The van der Waals surface area contributed by atoms with Gasteiger partial charge in [0, 0.05) is 43.7 Å². The summed E-state index contributed by atoms with van der Waals surface area (Å²) >= 11 is 0. The molecule has 2 heterocycles. The van der Waals surface area contributed by atoms with Crippen molar-refractivity contribution in [3.63, 3.8) is 0 Å². The lowest BCUT2D eigenvalue weighted by molar-refractivity contribution is -0.141. The van der Waals surface area contributed by atoms with E-state index < -0.39 is 66.1 Å². The van der Waals surface area contributed by atoms with Gasteiger partial charge in [0.05, 0.1) is 12.6 Å². The number of nitrogens with two attached hydrogens (primary N) is 4. The average Bonchev–Trinajstić information content (AvgIpc) is 3.74. The number of nitrogens with zero attached hydrogens (tertiary/aromatic N) is 3. The van der Waals surface area contributed by atoms with Gasteiger partial charge in [-0.2, -0.15) is 0 Å². The highest BCUT2D eigenvalue weighted by Crippen LogP contribution is 2.19. The second-order valence-electron chi connectivity index (χ2n) is 12.1. The van der Waals surface area contributed by atoms with Crippen molar-refractivity contribution in [2.45, 2.75) is 49.9 Å². The number of likely N-dealkylation sites (N-methyl/N-ethyl adjacent to an activating group) is 1. The monoisotopic (exact) mass is 690 g/mol. The van der Waals surface area contributed by atoms with E-state index in [-0.39, 0.29) is 38.3 Å². The van der Waals surface area contributed by atoms with Gasteiger partial charge in [-0.15, -0.1) is 0 Å². The van der Waals surface area contributed by atoms with Gasteiger partial charge < -0.3 is 48.4 Å². The third-order valence-electron chi connectivity index (χ3n) is 8.29. The third kappa shape index (κ3) is 9.88. The predicted octanol–water partition coefficient (Wildman–Crippen LogP) is -0.847. The van der Waals surface area contributed by atoms with Crippen molar-refractivity contribution in [3.05, 3.63) is 83.8 Å². The maximum atomic E-state index is 13.6. The number of nitrogens with one attached hydrogen (secondary N) is 3. The molecule has 266 valence electrons. The molecule has 4 rings (SSSR count). The smallest absolute Gasteiger partial charge is 0.247 e. The molecule has 0 radical (unpaired) electrons. The van der Waals surface area contributed by atoms with Crippen LogP contribution in [0.25, 0.3) is 10.9 Å². The van der Waals surface area contributed by atoms with Crippen molar-refractivity contribution in [2.24, 2.45) is 27.9 Å². The Morgan fingerprint density at radius 2 is 1.74 bits per heavy atom. The van der Waals surface area contributed by atoms with Crippen LogP contribution in [-0.2, 0) is 36.8 Å². The maximum Gasteiger partial charge on any atom is 0.247 e. The van der Waals surface area contributed by atoms with Crippen molar-refractivity contribution < 1.29 is 28.4 Å². The molecule has 2 aromatic carbocycles. The number of halogens is 1. The van der Waals surface area contributed by atoms with Gasteiger partial charge in [0.15, 0.2) is 5.96 Å². The van der Waals surface area contributed by atoms with Gasteiger partial charge in [0.1, 0.15) is 23.9 Å². The van der Waals surface area contributed by atoms with E-state index in [0.717, 1.165) is 21.4 Å². The summed E-state index contributed by atoms with van der Waals surface area (Å²) < 4.78 is 13.3. The first-order valence-corrected chi connectivity index (χ1v) is 16.1. The van der Waals surface area contributed by atoms with E-state index in [1.165, 1.54) is 42.3 Å². The number of guanidine groups is 1. The molecular weight excluding hydrogens is 647 g/mol. The topological polar surface area (TPSA) is 248 Å². The molecule has 1 aliphatic rings.